The predicted octanol–water partition coefficient (Wildman–Crippen LogP) is 2.68. The molecule has 1 aromatic rings. The van der Waals surface area contributed by atoms with Gasteiger partial charge in [-0.25, -0.2) is 9.59 Å². The highest BCUT2D eigenvalue weighted by Gasteiger charge is 2.21. The lowest BCUT2D eigenvalue weighted by molar-refractivity contribution is 0.0692. The second-order valence-electron chi connectivity index (χ2n) is 5.50. The Morgan fingerprint density at radius 3 is 2.85 bits per heavy atom. The van der Waals surface area contributed by atoms with Crippen LogP contribution < -0.4 is 5.32 Å². The van der Waals surface area contributed by atoms with E-state index in [9.17, 15) is 9.59 Å². The van der Waals surface area contributed by atoms with Crippen molar-refractivity contribution in [2.75, 3.05) is 18.4 Å². The Morgan fingerprint density at radius 1 is 1.40 bits per heavy atom. The summed E-state index contributed by atoms with van der Waals surface area (Å²) in [4.78, 5) is 27.8. The average molecular weight is 279 g/mol. The number of carbonyl (C=O) groups excluding carboxylic acids is 1. The molecule has 6 nitrogen and oxygen atoms in total. The van der Waals surface area contributed by atoms with Crippen LogP contribution in [0.4, 0.5) is 10.5 Å². The Balaban J connectivity index is 2.05. The summed E-state index contributed by atoms with van der Waals surface area (Å²) >= 11 is 0. The van der Waals surface area contributed by atoms with Crippen molar-refractivity contribution in [2.45, 2.75) is 33.1 Å². The van der Waals surface area contributed by atoms with E-state index in [-0.39, 0.29) is 11.7 Å². The van der Waals surface area contributed by atoms with Gasteiger partial charge < -0.3 is 20.3 Å². The molecule has 1 atom stereocenters. The molecule has 1 saturated heterocycles. The van der Waals surface area contributed by atoms with Crippen molar-refractivity contribution >= 4 is 17.7 Å². The molecule has 2 amide bonds. The molecule has 20 heavy (non-hydrogen) atoms. The summed E-state index contributed by atoms with van der Waals surface area (Å²) < 4.78 is 0. The number of anilines is 1. The van der Waals surface area contributed by atoms with Crippen LogP contribution in [0, 0.1) is 12.8 Å². The third kappa shape index (κ3) is 3.31. The smallest absolute Gasteiger partial charge is 0.354 e. The number of carboxylic acid groups (broad SMARTS) is 1. The molecule has 0 aromatic carbocycles. The highest BCUT2D eigenvalue weighted by atomic mass is 16.4. The molecule has 2 rings (SSSR count). The number of aryl methyl sites for hydroxylation is 1. The Labute approximate surface area is 118 Å². The van der Waals surface area contributed by atoms with Gasteiger partial charge in [-0.1, -0.05) is 6.92 Å². The maximum atomic E-state index is 12.2. The topological polar surface area (TPSA) is 85.4 Å². The number of rotatable bonds is 2. The van der Waals surface area contributed by atoms with Gasteiger partial charge in [0.15, 0.2) is 0 Å². The predicted molar refractivity (Wildman–Crippen MR) is 76.1 cm³/mol. The van der Waals surface area contributed by atoms with Crippen molar-refractivity contribution in [3.05, 3.63) is 17.5 Å². The number of nitrogens with one attached hydrogen (secondary N) is 2. The molecule has 110 valence electrons. The number of carboxylic acids is 1. The minimum atomic E-state index is -1.07. The largest absolute Gasteiger partial charge is 0.477 e. The fourth-order valence-electron chi connectivity index (χ4n) is 2.52. The van der Waals surface area contributed by atoms with E-state index in [0.717, 1.165) is 32.4 Å². The number of H-pyrrole nitrogens is 1. The number of aromatic amines is 1. The summed E-state index contributed by atoms with van der Waals surface area (Å²) in [5, 5.41) is 11.8. The number of hydrogen-bond acceptors (Lipinski definition) is 2. The van der Waals surface area contributed by atoms with Gasteiger partial charge in [-0.05, 0) is 38.2 Å². The van der Waals surface area contributed by atoms with E-state index in [0.29, 0.717) is 17.3 Å². The van der Waals surface area contributed by atoms with Gasteiger partial charge in [-0.2, -0.15) is 0 Å². The number of nitrogens with zero attached hydrogens (tertiary/aromatic N) is 1. The van der Waals surface area contributed by atoms with E-state index in [1.165, 1.54) is 0 Å². The Bertz CT molecular complexity index is 510. The van der Waals surface area contributed by atoms with E-state index >= 15 is 0 Å². The van der Waals surface area contributed by atoms with Gasteiger partial charge in [-0.15, -0.1) is 0 Å². The maximum Gasteiger partial charge on any atom is 0.354 e. The summed E-state index contributed by atoms with van der Waals surface area (Å²) in [6, 6.07) is 1.42. The number of carbonyl (C=O) groups is 2. The lowest BCUT2D eigenvalue weighted by Gasteiger charge is -2.20. The Morgan fingerprint density at radius 2 is 2.15 bits per heavy atom. The van der Waals surface area contributed by atoms with Crippen molar-refractivity contribution < 1.29 is 14.7 Å². The minimum Gasteiger partial charge on any atom is -0.477 e. The van der Waals surface area contributed by atoms with Crippen molar-refractivity contribution in [1.29, 1.82) is 0 Å². The number of aromatic nitrogens is 1. The fraction of sp³-hybridized carbons (Fsp3) is 0.571. The quantitative estimate of drug-likeness (QED) is 0.778. The molecule has 6 heteroatoms. The number of urea groups is 1. The highest BCUT2D eigenvalue weighted by molar-refractivity contribution is 5.99. The van der Waals surface area contributed by atoms with Crippen LogP contribution in [-0.2, 0) is 0 Å². The summed E-state index contributed by atoms with van der Waals surface area (Å²) in [5.41, 5.74) is 1.07. The molecule has 0 bridgehead atoms. The molecule has 0 spiro atoms. The summed E-state index contributed by atoms with van der Waals surface area (Å²) in [5.74, 6) is -0.435. The van der Waals surface area contributed by atoms with Gasteiger partial charge >= 0.3 is 12.0 Å². The van der Waals surface area contributed by atoms with Crippen molar-refractivity contribution in [3.63, 3.8) is 0 Å². The fourth-order valence-corrected chi connectivity index (χ4v) is 2.52. The van der Waals surface area contributed by atoms with E-state index in [4.69, 9.17) is 5.11 Å². The molecule has 0 aliphatic carbocycles. The first kappa shape index (κ1) is 14.4. The van der Waals surface area contributed by atoms with Gasteiger partial charge in [0, 0.05) is 18.8 Å². The minimum absolute atomic E-state index is 0.0269. The maximum absolute atomic E-state index is 12.2. The molecule has 1 unspecified atom stereocenters. The number of aromatic carboxylic acids is 1. The van der Waals surface area contributed by atoms with Crippen LogP contribution >= 0.6 is 0 Å². The first-order valence-corrected chi connectivity index (χ1v) is 6.96. The molecule has 1 aliphatic heterocycles. The molecule has 1 aromatic heterocycles. The van der Waals surface area contributed by atoms with E-state index in [1.807, 2.05) is 0 Å². The van der Waals surface area contributed by atoms with Crippen molar-refractivity contribution in [1.82, 2.24) is 9.88 Å². The zero-order valence-electron chi connectivity index (χ0n) is 11.9. The zero-order valence-corrected chi connectivity index (χ0v) is 11.9. The van der Waals surface area contributed by atoms with Gasteiger partial charge in [0.1, 0.15) is 5.69 Å². The molecule has 1 fully saturated rings. The summed E-state index contributed by atoms with van der Waals surface area (Å²) in [7, 11) is 0. The average Bonchev–Trinajstić information content (AvgIpc) is 2.60. The van der Waals surface area contributed by atoms with Crippen LogP contribution in [0.15, 0.2) is 6.07 Å². The summed E-state index contributed by atoms with van der Waals surface area (Å²) in [6.45, 7) is 5.40. The van der Waals surface area contributed by atoms with Crippen molar-refractivity contribution in [3.8, 4) is 0 Å². The Hall–Kier alpha value is -1.98. The monoisotopic (exact) mass is 279 g/mol. The number of amides is 2. The lowest BCUT2D eigenvalue weighted by atomic mass is 10.0. The van der Waals surface area contributed by atoms with E-state index < -0.39 is 5.97 Å². The molecule has 1 aliphatic rings. The first-order valence-electron chi connectivity index (χ1n) is 6.96. The molecule has 0 saturated carbocycles. The van der Waals surface area contributed by atoms with Gasteiger partial charge in [0.2, 0.25) is 0 Å². The molecule has 2 heterocycles. The normalized spacial score (nSPS) is 19.5. The number of likely N-dealkylation sites (tertiary alicyclic amines) is 1. The van der Waals surface area contributed by atoms with Gasteiger partial charge in [0.25, 0.3) is 0 Å². The van der Waals surface area contributed by atoms with Crippen LogP contribution in [0.5, 0.6) is 0 Å². The summed E-state index contributed by atoms with van der Waals surface area (Å²) in [6.07, 6.45) is 3.12. The molecule has 3 N–H and O–H groups in total. The molecule has 0 radical (unpaired) electrons. The second-order valence-corrected chi connectivity index (χ2v) is 5.50. The van der Waals surface area contributed by atoms with Crippen LogP contribution in [0.2, 0.25) is 0 Å². The van der Waals surface area contributed by atoms with Crippen LogP contribution in [0.25, 0.3) is 0 Å². The van der Waals surface area contributed by atoms with E-state index in [2.05, 4.69) is 17.2 Å². The molecular formula is C14H21N3O3. The van der Waals surface area contributed by atoms with Crippen LogP contribution in [0.3, 0.4) is 0 Å². The lowest BCUT2D eigenvalue weighted by Crippen LogP contribution is -2.36. The Kier molecular flexibility index (Phi) is 4.32. The van der Waals surface area contributed by atoms with Crippen molar-refractivity contribution in [2.24, 2.45) is 5.92 Å². The van der Waals surface area contributed by atoms with Crippen LogP contribution in [-0.4, -0.2) is 40.1 Å². The third-order valence-electron chi connectivity index (χ3n) is 3.71. The second kappa shape index (κ2) is 5.98. The molecular weight excluding hydrogens is 258 g/mol. The van der Waals surface area contributed by atoms with Crippen LogP contribution in [0.1, 0.15) is 42.4 Å². The highest BCUT2D eigenvalue weighted by Crippen LogP contribution is 2.20. The first-order chi connectivity index (χ1) is 9.47. The zero-order chi connectivity index (χ0) is 14.7. The standard InChI is InChI=1S/C14H21N3O3/c1-9-4-3-6-17(7-5-9)14(20)16-11-8-10(2)15-12(11)13(18)19/h8-9,15H,3-7H2,1-2H3,(H,16,20)(H,18,19). The van der Waals surface area contributed by atoms with E-state index in [1.54, 1.807) is 17.9 Å². The number of hydrogen-bond donors (Lipinski definition) is 3. The third-order valence-corrected chi connectivity index (χ3v) is 3.71. The van der Waals surface area contributed by atoms with Gasteiger partial charge in [-0.3, -0.25) is 0 Å². The van der Waals surface area contributed by atoms with Gasteiger partial charge in [0.05, 0.1) is 5.69 Å². The SMILES string of the molecule is Cc1cc(NC(=O)N2CCCC(C)CC2)c(C(=O)O)[nH]1.